The second-order valence-corrected chi connectivity index (χ2v) is 6.10. The van der Waals surface area contributed by atoms with Gasteiger partial charge in [0, 0.05) is 12.0 Å². The molecular weight excluding hydrogens is 306 g/mol. The average molecular weight is 323 g/mol. The number of carbonyl (C=O) groups is 1. The zero-order valence-corrected chi connectivity index (χ0v) is 13.5. The Morgan fingerprint density at radius 1 is 1.25 bits per heavy atom. The zero-order valence-electron chi connectivity index (χ0n) is 13.5. The number of aliphatic imine (C=N–C) groups is 1. The molecule has 4 rings (SSSR count). The van der Waals surface area contributed by atoms with Gasteiger partial charge in [0.2, 0.25) is 5.90 Å². The van der Waals surface area contributed by atoms with Crippen molar-refractivity contribution in [1.82, 2.24) is 0 Å². The number of cyclic esters (lactones) is 1. The van der Waals surface area contributed by atoms with E-state index in [0.717, 1.165) is 12.2 Å². The summed E-state index contributed by atoms with van der Waals surface area (Å²) in [6.45, 7) is 2.20. The van der Waals surface area contributed by atoms with Gasteiger partial charge in [0.15, 0.2) is 5.70 Å². The summed E-state index contributed by atoms with van der Waals surface area (Å²) in [4.78, 5) is 16.4. The number of esters is 1. The quantitative estimate of drug-likeness (QED) is 0.635. The van der Waals surface area contributed by atoms with E-state index < -0.39 is 5.97 Å². The van der Waals surface area contributed by atoms with Gasteiger partial charge in [0.1, 0.15) is 17.3 Å². The molecule has 5 heteroatoms. The molecule has 0 amide bonds. The van der Waals surface area contributed by atoms with Crippen molar-refractivity contribution >= 4 is 17.9 Å². The fourth-order valence-corrected chi connectivity index (χ4v) is 2.84. The van der Waals surface area contributed by atoms with Crippen LogP contribution >= 0.6 is 0 Å². The van der Waals surface area contributed by atoms with Crippen LogP contribution in [0.25, 0.3) is 6.08 Å². The lowest BCUT2D eigenvalue weighted by atomic mass is 10.2. The lowest BCUT2D eigenvalue weighted by molar-refractivity contribution is -0.129. The Labute approximate surface area is 139 Å². The lowest BCUT2D eigenvalue weighted by Gasteiger charge is -2.05. The van der Waals surface area contributed by atoms with E-state index in [1.165, 1.54) is 0 Å². The second kappa shape index (κ2) is 5.67. The number of rotatable bonds is 4. The fraction of sp³-hybridized carbons (Fsp3) is 0.263. The summed E-state index contributed by atoms with van der Waals surface area (Å²) < 4.78 is 16.4. The molecule has 122 valence electrons. The molecule has 0 spiro atoms. The average Bonchev–Trinajstić information content (AvgIpc) is 2.98. The monoisotopic (exact) mass is 323 g/mol. The van der Waals surface area contributed by atoms with E-state index in [1.807, 2.05) is 24.3 Å². The molecule has 2 aliphatic rings. The number of methoxy groups -OCH3 is 1. The van der Waals surface area contributed by atoms with Gasteiger partial charge in [-0.3, -0.25) is 0 Å². The molecule has 1 fully saturated rings. The third-order valence-corrected chi connectivity index (χ3v) is 4.36. The normalized spacial score (nSPS) is 24.0. The number of nitrogens with zero attached hydrogens (tertiary/aromatic N) is 1. The molecule has 24 heavy (non-hydrogen) atoms. The summed E-state index contributed by atoms with van der Waals surface area (Å²) in [7, 11) is 1.57. The summed E-state index contributed by atoms with van der Waals surface area (Å²) in [5.74, 6) is 3.10. The number of hydrogen-bond donors (Lipinski definition) is 0. The molecular formula is C19H17NO4. The molecule has 2 heterocycles. The number of ether oxygens (including phenoxy) is 2. The minimum atomic E-state index is -0.492. The van der Waals surface area contributed by atoms with Gasteiger partial charge >= 0.3 is 5.97 Å². The largest absolute Gasteiger partial charge is 0.496 e. The smallest absolute Gasteiger partial charge is 0.363 e. The Morgan fingerprint density at radius 2 is 2.04 bits per heavy atom. The lowest BCUT2D eigenvalue weighted by Crippen LogP contribution is -2.06. The van der Waals surface area contributed by atoms with Crippen molar-refractivity contribution in [3.63, 3.8) is 0 Å². The molecule has 0 saturated heterocycles. The third kappa shape index (κ3) is 2.62. The highest BCUT2D eigenvalue weighted by Crippen LogP contribution is 2.47. The molecule has 0 radical (unpaired) electrons. The predicted molar refractivity (Wildman–Crippen MR) is 88.8 cm³/mol. The van der Waals surface area contributed by atoms with Gasteiger partial charge in [-0.25, -0.2) is 9.79 Å². The summed E-state index contributed by atoms with van der Waals surface area (Å²) in [6.07, 6.45) is 2.77. The topological polar surface area (TPSA) is 61.0 Å². The van der Waals surface area contributed by atoms with Crippen LogP contribution in [0.2, 0.25) is 0 Å². The number of benzene rings is 1. The molecule has 1 saturated carbocycles. The fourth-order valence-electron chi connectivity index (χ4n) is 2.84. The Balaban J connectivity index is 1.62. The Kier molecular flexibility index (Phi) is 3.49. The first-order chi connectivity index (χ1) is 11.7. The molecule has 2 aromatic rings. The third-order valence-electron chi connectivity index (χ3n) is 4.36. The Hall–Kier alpha value is -2.82. The highest BCUT2D eigenvalue weighted by Gasteiger charge is 2.36. The first-order valence-electron chi connectivity index (χ1n) is 7.91. The van der Waals surface area contributed by atoms with Crippen LogP contribution in [-0.2, 0) is 9.53 Å². The summed E-state index contributed by atoms with van der Waals surface area (Å²) in [5, 5.41) is 0. The van der Waals surface area contributed by atoms with Crippen molar-refractivity contribution in [2.24, 2.45) is 10.9 Å². The van der Waals surface area contributed by atoms with Gasteiger partial charge in [-0.1, -0.05) is 19.1 Å². The summed E-state index contributed by atoms with van der Waals surface area (Å²) >= 11 is 0. The molecule has 0 N–H and O–H groups in total. The first-order valence-corrected chi connectivity index (χ1v) is 7.91. The molecule has 5 nitrogen and oxygen atoms in total. The molecule has 2 atom stereocenters. The van der Waals surface area contributed by atoms with E-state index in [4.69, 9.17) is 13.9 Å². The van der Waals surface area contributed by atoms with E-state index in [1.54, 1.807) is 25.3 Å². The van der Waals surface area contributed by atoms with Crippen molar-refractivity contribution in [1.29, 1.82) is 0 Å². The van der Waals surface area contributed by atoms with Crippen LogP contribution in [0.5, 0.6) is 5.75 Å². The van der Waals surface area contributed by atoms with Gasteiger partial charge in [0.05, 0.1) is 12.7 Å². The van der Waals surface area contributed by atoms with Gasteiger partial charge in [-0.2, -0.15) is 0 Å². The second-order valence-electron chi connectivity index (χ2n) is 6.10. The van der Waals surface area contributed by atoms with Crippen LogP contribution in [-0.4, -0.2) is 19.0 Å². The van der Waals surface area contributed by atoms with Crippen molar-refractivity contribution in [3.05, 3.63) is 59.2 Å². The van der Waals surface area contributed by atoms with Gasteiger partial charge < -0.3 is 13.9 Å². The highest BCUT2D eigenvalue weighted by atomic mass is 16.6. The standard InChI is InChI=1S/C19H17NO4/c1-11-9-14(11)17-8-7-12(23-17)10-15-19(21)24-18(20-15)13-5-3-4-6-16(13)22-2/h3-8,10-11,14H,9H2,1-2H3/b15-10+/t11-,14-/m0/s1. The van der Waals surface area contributed by atoms with Crippen LogP contribution < -0.4 is 4.74 Å². The van der Waals surface area contributed by atoms with E-state index in [2.05, 4.69) is 11.9 Å². The maximum Gasteiger partial charge on any atom is 0.363 e. The number of carbonyl (C=O) groups excluding carboxylic acids is 1. The SMILES string of the molecule is COc1ccccc1C1=N/C(=C/c2ccc([C@H]3C[C@@H]3C)o2)C(=O)O1. The van der Waals surface area contributed by atoms with Crippen LogP contribution in [0.1, 0.15) is 36.3 Å². The number of hydrogen-bond acceptors (Lipinski definition) is 5. The van der Waals surface area contributed by atoms with E-state index >= 15 is 0 Å². The predicted octanol–water partition coefficient (Wildman–Crippen LogP) is 3.76. The van der Waals surface area contributed by atoms with Crippen molar-refractivity contribution in [3.8, 4) is 5.75 Å². The van der Waals surface area contributed by atoms with Crippen LogP contribution in [0, 0.1) is 5.92 Å². The van der Waals surface area contributed by atoms with Gasteiger partial charge in [-0.15, -0.1) is 0 Å². The Morgan fingerprint density at radius 3 is 2.79 bits per heavy atom. The van der Waals surface area contributed by atoms with Gasteiger partial charge in [0.25, 0.3) is 0 Å². The highest BCUT2D eigenvalue weighted by molar-refractivity contribution is 6.13. The van der Waals surface area contributed by atoms with E-state index in [9.17, 15) is 4.79 Å². The zero-order chi connectivity index (χ0) is 16.7. The van der Waals surface area contributed by atoms with E-state index in [-0.39, 0.29) is 11.6 Å². The first kappa shape index (κ1) is 14.8. The van der Waals surface area contributed by atoms with Crippen LogP contribution in [0.3, 0.4) is 0 Å². The molecule has 1 aliphatic heterocycles. The Bertz CT molecular complexity index is 862. The van der Waals surface area contributed by atoms with Crippen molar-refractivity contribution < 1.29 is 18.7 Å². The molecule has 1 aromatic heterocycles. The summed E-state index contributed by atoms with van der Waals surface area (Å²) in [5.41, 5.74) is 0.865. The minimum absolute atomic E-state index is 0.223. The number of para-hydroxylation sites is 1. The molecule has 0 unspecified atom stereocenters. The molecule has 0 bridgehead atoms. The summed E-state index contributed by atoms with van der Waals surface area (Å²) in [6, 6.07) is 11.1. The van der Waals surface area contributed by atoms with Gasteiger partial charge in [-0.05, 0) is 36.6 Å². The maximum atomic E-state index is 12.1. The minimum Gasteiger partial charge on any atom is -0.496 e. The molecule has 1 aromatic carbocycles. The van der Waals surface area contributed by atoms with E-state index in [0.29, 0.717) is 28.9 Å². The van der Waals surface area contributed by atoms with Crippen molar-refractivity contribution in [2.75, 3.05) is 7.11 Å². The van der Waals surface area contributed by atoms with Crippen molar-refractivity contribution in [2.45, 2.75) is 19.3 Å². The van der Waals surface area contributed by atoms with Crippen LogP contribution in [0.15, 0.2) is 51.5 Å². The number of furan rings is 1. The van der Waals surface area contributed by atoms with Crippen LogP contribution in [0.4, 0.5) is 0 Å². The maximum absolute atomic E-state index is 12.1. The molecule has 1 aliphatic carbocycles.